The lowest BCUT2D eigenvalue weighted by molar-refractivity contribution is -0.129. The lowest BCUT2D eigenvalue weighted by atomic mass is 10.2. The molecule has 0 aromatic heterocycles. The molecule has 0 bridgehead atoms. The lowest BCUT2D eigenvalue weighted by Gasteiger charge is -2.35. The summed E-state index contributed by atoms with van der Waals surface area (Å²) in [5, 5.41) is 0. The molecule has 1 aliphatic heterocycles. The summed E-state index contributed by atoms with van der Waals surface area (Å²) >= 11 is 0. The first-order valence-corrected chi connectivity index (χ1v) is 8.11. The Hall–Kier alpha value is -2.89. The zero-order valence-corrected chi connectivity index (χ0v) is 13.9. The highest BCUT2D eigenvalue weighted by molar-refractivity contribution is 5.91. The van der Waals surface area contributed by atoms with E-state index in [1.165, 1.54) is 18.2 Å². The number of anilines is 1. The number of carbonyl (C=O) groups excluding carboxylic acids is 2. The van der Waals surface area contributed by atoms with Gasteiger partial charge in [-0.2, -0.15) is 0 Å². The molecule has 0 atom stereocenters. The van der Waals surface area contributed by atoms with Gasteiger partial charge in [-0.15, -0.1) is 0 Å². The average Bonchev–Trinajstić information content (AvgIpc) is 2.62. The van der Waals surface area contributed by atoms with Gasteiger partial charge in [0, 0.05) is 38.8 Å². The second kappa shape index (κ2) is 7.34. The van der Waals surface area contributed by atoms with Gasteiger partial charge in [-0.1, -0.05) is 6.07 Å². The molecule has 1 aliphatic rings. The van der Waals surface area contributed by atoms with Crippen molar-refractivity contribution >= 4 is 17.6 Å². The molecule has 1 amide bonds. The fourth-order valence-electron chi connectivity index (χ4n) is 2.79. The van der Waals surface area contributed by atoms with Gasteiger partial charge in [-0.25, -0.2) is 9.18 Å². The zero-order valence-electron chi connectivity index (χ0n) is 13.9. The van der Waals surface area contributed by atoms with Crippen molar-refractivity contribution in [3.05, 3.63) is 59.9 Å². The number of benzene rings is 2. The minimum atomic E-state index is -0.595. The number of piperazine rings is 1. The minimum absolute atomic E-state index is 0.0965. The van der Waals surface area contributed by atoms with E-state index in [0.717, 1.165) is 24.8 Å². The number of carbonyl (C=O) groups is 2. The molecule has 2 aromatic rings. The Morgan fingerprint density at radius 3 is 2.28 bits per heavy atom. The molecule has 0 spiro atoms. The SMILES string of the molecule is CC(=O)N1CCN(c2ccc(OC(=O)c3cccc(F)c3)cc2)CC1. The number of amides is 1. The first kappa shape index (κ1) is 17.0. The highest BCUT2D eigenvalue weighted by Crippen LogP contribution is 2.21. The van der Waals surface area contributed by atoms with Crippen molar-refractivity contribution in [2.45, 2.75) is 6.92 Å². The number of rotatable bonds is 3. The molecule has 5 nitrogen and oxygen atoms in total. The molecule has 0 N–H and O–H groups in total. The Morgan fingerprint density at radius 1 is 1.00 bits per heavy atom. The van der Waals surface area contributed by atoms with Gasteiger partial charge in [0.15, 0.2) is 0 Å². The maximum absolute atomic E-state index is 13.2. The van der Waals surface area contributed by atoms with Gasteiger partial charge in [0.1, 0.15) is 11.6 Å². The number of hydrogen-bond donors (Lipinski definition) is 0. The van der Waals surface area contributed by atoms with Crippen LogP contribution in [0, 0.1) is 5.82 Å². The highest BCUT2D eigenvalue weighted by Gasteiger charge is 2.19. The van der Waals surface area contributed by atoms with Crippen LogP contribution in [0.25, 0.3) is 0 Å². The quantitative estimate of drug-likeness (QED) is 0.636. The molecule has 0 aliphatic carbocycles. The van der Waals surface area contributed by atoms with E-state index in [1.807, 2.05) is 17.0 Å². The number of nitrogens with zero attached hydrogens (tertiary/aromatic N) is 2. The fraction of sp³-hybridized carbons (Fsp3) is 0.263. The third-order valence-corrected chi connectivity index (χ3v) is 4.20. The summed E-state index contributed by atoms with van der Waals surface area (Å²) in [7, 11) is 0. The summed E-state index contributed by atoms with van der Waals surface area (Å²) in [6.45, 7) is 4.51. The summed E-state index contributed by atoms with van der Waals surface area (Å²) in [6, 6.07) is 12.6. The largest absolute Gasteiger partial charge is 0.423 e. The van der Waals surface area contributed by atoms with Gasteiger partial charge in [0.05, 0.1) is 5.56 Å². The average molecular weight is 342 g/mol. The van der Waals surface area contributed by atoms with Crippen LogP contribution in [0.5, 0.6) is 5.75 Å². The van der Waals surface area contributed by atoms with Crippen molar-refractivity contribution in [3.63, 3.8) is 0 Å². The molecule has 6 heteroatoms. The van der Waals surface area contributed by atoms with Crippen LogP contribution < -0.4 is 9.64 Å². The van der Waals surface area contributed by atoms with E-state index in [4.69, 9.17) is 4.74 Å². The Labute approximate surface area is 145 Å². The van der Waals surface area contributed by atoms with E-state index >= 15 is 0 Å². The van der Waals surface area contributed by atoms with Gasteiger partial charge in [0.25, 0.3) is 0 Å². The van der Waals surface area contributed by atoms with Gasteiger partial charge < -0.3 is 14.5 Å². The van der Waals surface area contributed by atoms with Crippen LogP contribution in [0.4, 0.5) is 10.1 Å². The third-order valence-electron chi connectivity index (χ3n) is 4.20. The minimum Gasteiger partial charge on any atom is -0.423 e. The second-order valence-corrected chi connectivity index (χ2v) is 5.89. The predicted octanol–water partition coefficient (Wildman–Crippen LogP) is 2.71. The van der Waals surface area contributed by atoms with Crippen molar-refractivity contribution in [1.82, 2.24) is 4.90 Å². The fourth-order valence-corrected chi connectivity index (χ4v) is 2.79. The van der Waals surface area contributed by atoms with Crippen LogP contribution in [0.2, 0.25) is 0 Å². The molecule has 25 heavy (non-hydrogen) atoms. The highest BCUT2D eigenvalue weighted by atomic mass is 19.1. The summed E-state index contributed by atoms with van der Waals surface area (Å²) in [4.78, 5) is 27.4. The van der Waals surface area contributed by atoms with Crippen molar-refractivity contribution < 1.29 is 18.7 Å². The van der Waals surface area contributed by atoms with E-state index in [0.29, 0.717) is 18.8 Å². The summed E-state index contributed by atoms with van der Waals surface area (Å²) in [5.41, 5.74) is 1.18. The number of halogens is 1. The molecule has 0 radical (unpaired) electrons. The Balaban J connectivity index is 1.61. The molecule has 0 saturated carbocycles. The number of ether oxygens (including phenoxy) is 1. The van der Waals surface area contributed by atoms with E-state index in [-0.39, 0.29) is 11.5 Å². The summed E-state index contributed by atoms with van der Waals surface area (Å²) in [5.74, 6) is -0.573. The molecule has 3 rings (SSSR count). The van der Waals surface area contributed by atoms with E-state index in [2.05, 4.69) is 4.90 Å². The molecule has 1 fully saturated rings. The van der Waals surface area contributed by atoms with Crippen molar-refractivity contribution in [3.8, 4) is 5.75 Å². The molecule has 0 unspecified atom stereocenters. The summed E-state index contributed by atoms with van der Waals surface area (Å²) < 4.78 is 18.4. The first-order chi connectivity index (χ1) is 12.0. The van der Waals surface area contributed by atoms with E-state index in [9.17, 15) is 14.0 Å². The Bertz CT molecular complexity index is 768. The van der Waals surface area contributed by atoms with Crippen LogP contribution in [0.3, 0.4) is 0 Å². The predicted molar refractivity (Wildman–Crippen MR) is 92.3 cm³/mol. The lowest BCUT2D eigenvalue weighted by Crippen LogP contribution is -2.48. The van der Waals surface area contributed by atoms with Gasteiger partial charge in [-0.3, -0.25) is 4.79 Å². The standard InChI is InChI=1S/C19H19FN2O3/c1-14(23)21-9-11-22(12-10-21)17-5-7-18(8-6-17)25-19(24)15-3-2-4-16(20)13-15/h2-8,13H,9-12H2,1H3. The first-order valence-electron chi connectivity index (χ1n) is 8.11. The molecule has 130 valence electrons. The number of esters is 1. The molecule has 1 saturated heterocycles. The van der Waals surface area contributed by atoms with Crippen LogP contribution in [-0.4, -0.2) is 43.0 Å². The normalized spacial score (nSPS) is 14.3. The monoisotopic (exact) mass is 342 g/mol. The molecular weight excluding hydrogens is 323 g/mol. The maximum atomic E-state index is 13.2. The topological polar surface area (TPSA) is 49.9 Å². The zero-order chi connectivity index (χ0) is 17.8. The maximum Gasteiger partial charge on any atom is 0.343 e. The van der Waals surface area contributed by atoms with Crippen LogP contribution >= 0.6 is 0 Å². The smallest absolute Gasteiger partial charge is 0.343 e. The Kier molecular flexibility index (Phi) is 4.97. The molecular formula is C19H19FN2O3. The van der Waals surface area contributed by atoms with Crippen LogP contribution in [0.15, 0.2) is 48.5 Å². The van der Waals surface area contributed by atoms with E-state index < -0.39 is 11.8 Å². The van der Waals surface area contributed by atoms with E-state index in [1.54, 1.807) is 19.1 Å². The van der Waals surface area contributed by atoms with Gasteiger partial charge in [0.2, 0.25) is 5.91 Å². The summed E-state index contributed by atoms with van der Waals surface area (Å²) in [6.07, 6.45) is 0. The van der Waals surface area contributed by atoms with Crippen molar-refractivity contribution in [2.24, 2.45) is 0 Å². The molecule has 1 heterocycles. The van der Waals surface area contributed by atoms with Crippen LogP contribution in [0.1, 0.15) is 17.3 Å². The van der Waals surface area contributed by atoms with Crippen LogP contribution in [-0.2, 0) is 4.79 Å². The van der Waals surface area contributed by atoms with Crippen molar-refractivity contribution in [2.75, 3.05) is 31.1 Å². The van der Waals surface area contributed by atoms with Crippen molar-refractivity contribution in [1.29, 1.82) is 0 Å². The van der Waals surface area contributed by atoms with Gasteiger partial charge >= 0.3 is 5.97 Å². The number of hydrogen-bond acceptors (Lipinski definition) is 4. The Morgan fingerprint density at radius 2 is 1.68 bits per heavy atom. The second-order valence-electron chi connectivity index (χ2n) is 5.89. The third kappa shape index (κ3) is 4.15. The van der Waals surface area contributed by atoms with Gasteiger partial charge in [-0.05, 0) is 42.5 Å². The molecule has 2 aromatic carbocycles.